The Labute approximate surface area is 159 Å². The summed E-state index contributed by atoms with van der Waals surface area (Å²) in [6.07, 6.45) is 3.72. The summed E-state index contributed by atoms with van der Waals surface area (Å²) in [7, 11) is 0. The first-order valence-electron chi connectivity index (χ1n) is 7.61. The first kappa shape index (κ1) is 16.3. The van der Waals surface area contributed by atoms with Crippen molar-refractivity contribution < 1.29 is 0 Å². The number of fused-ring (bicyclic) bond motifs is 2. The Morgan fingerprint density at radius 1 is 1.20 bits per heavy atom. The number of aromatic nitrogens is 4. The monoisotopic (exact) mass is 389 g/mol. The molecule has 0 bridgehead atoms. The van der Waals surface area contributed by atoms with E-state index in [0.29, 0.717) is 5.15 Å². The van der Waals surface area contributed by atoms with Gasteiger partial charge in [-0.25, -0.2) is 9.97 Å². The quantitative estimate of drug-likeness (QED) is 0.503. The van der Waals surface area contributed by atoms with Gasteiger partial charge in [-0.2, -0.15) is 0 Å². The van der Waals surface area contributed by atoms with Gasteiger partial charge < -0.3 is 9.88 Å². The molecule has 5 rings (SSSR count). The molecule has 0 amide bonds. The van der Waals surface area contributed by atoms with Crippen molar-refractivity contribution in [1.29, 1.82) is 0 Å². The first-order valence-corrected chi connectivity index (χ1v) is 8.80. The fourth-order valence-electron chi connectivity index (χ4n) is 3.05. The number of imidazole rings is 1. The number of hydrogen-bond donors (Lipinski definition) is 1. The standard InChI is InChI=1S/C17H12ClN5S.ClH/c18-14-3-1-2-11(21-14)15-16(23-7-6-20-17(23)22-15)13-8-10-9-19-5-4-12(10)24-13;/h1-5,8-9H,6-7H2,(H,20,22);1H. The van der Waals surface area contributed by atoms with Gasteiger partial charge in [0, 0.05) is 35.6 Å². The lowest BCUT2D eigenvalue weighted by molar-refractivity contribution is 0.818. The van der Waals surface area contributed by atoms with Crippen LogP contribution in [-0.2, 0) is 6.54 Å². The van der Waals surface area contributed by atoms with E-state index < -0.39 is 0 Å². The second-order valence-electron chi connectivity index (χ2n) is 5.58. The van der Waals surface area contributed by atoms with Crippen LogP contribution in [0.1, 0.15) is 0 Å². The van der Waals surface area contributed by atoms with E-state index in [4.69, 9.17) is 16.6 Å². The van der Waals surface area contributed by atoms with E-state index in [1.54, 1.807) is 17.4 Å². The van der Waals surface area contributed by atoms with Crippen LogP contribution < -0.4 is 5.32 Å². The molecule has 126 valence electrons. The summed E-state index contributed by atoms with van der Waals surface area (Å²) >= 11 is 7.83. The molecule has 1 N–H and O–H groups in total. The minimum absolute atomic E-state index is 0. The molecule has 5 nitrogen and oxygen atoms in total. The van der Waals surface area contributed by atoms with Gasteiger partial charge in [0.15, 0.2) is 0 Å². The minimum atomic E-state index is 0. The summed E-state index contributed by atoms with van der Waals surface area (Å²) in [4.78, 5) is 14.6. The fourth-order valence-corrected chi connectivity index (χ4v) is 4.30. The second-order valence-corrected chi connectivity index (χ2v) is 7.05. The van der Waals surface area contributed by atoms with E-state index in [9.17, 15) is 0 Å². The van der Waals surface area contributed by atoms with E-state index >= 15 is 0 Å². The average Bonchev–Trinajstić information content (AvgIpc) is 3.27. The highest BCUT2D eigenvalue weighted by Gasteiger charge is 2.25. The molecule has 0 radical (unpaired) electrons. The Balaban J connectivity index is 0.00000157. The van der Waals surface area contributed by atoms with E-state index in [-0.39, 0.29) is 12.4 Å². The van der Waals surface area contributed by atoms with E-state index in [1.807, 2.05) is 30.6 Å². The molecule has 1 aliphatic rings. The molecule has 0 atom stereocenters. The smallest absolute Gasteiger partial charge is 0.204 e. The predicted molar refractivity (Wildman–Crippen MR) is 105 cm³/mol. The van der Waals surface area contributed by atoms with Crippen LogP contribution in [0.4, 0.5) is 5.95 Å². The number of rotatable bonds is 2. The van der Waals surface area contributed by atoms with E-state index in [1.165, 1.54) is 4.70 Å². The van der Waals surface area contributed by atoms with Crippen LogP contribution in [-0.4, -0.2) is 26.1 Å². The fraction of sp³-hybridized carbons (Fsp3) is 0.118. The van der Waals surface area contributed by atoms with Crippen LogP contribution in [0.25, 0.3) is 32.0 Å². The van der Waals surface area contributed by atoms with Crippen molar-refractivity contribution in [2.45, 2.75) is 6.54 Å². The Morgan fingerprint density at radius 3 is 2.96 bits per heavy atom. The number of thiophene rings is 1. The van der Waals surface area contributed by atoms with Gasteiger partial charge in [-0.1, -0.05) is 17.7 Å². The summed E-state index contributed by atoms with van der Waals surface area (Å²) in [6.45, 7) is 1.79. The number of anilines is 1. The van der Waals surface area contributed by atoms with Crippen LogP contribution in [0.15, 0.2) is 42.7 Å². The summed E-state index contributed by atoms with van der Waals surface area (Å²) in [5.41, 5.74) is 2.74. The topological polar surface area (TPSA) is 55.6 Å². The number of pyridine rings is 2. The van der Waals surface area contributed by atoms with E-state index in [0.717, 1.165) is 46.4 Å². The molecular weight excluding hydrogens is 377 g/mol. The molecule has 0 aromatic carbocycles. The van der Waals surface area contributed by atoms with Crippen molar-refractivity contribution in [3.8, 4) is 22.0 Å². The van der Waals surface area contributed by atoms with Gasteiger partial charge >= 0.3 is 0 Å². The highest BCUT2D eigenvalue weighted by atomic mass is 35.5. The predicted octanol–water partition coefficient (Wildman–Crippen LogP) is 4.72. The Morgan fingerprint density at radius 2 is 2.12 bits per heavy atom. The summed E-state index contributed by atoms with van der Waals surface area (Å²) in [5.74, 6) is 0.886. The second kappa shape index (κ2) is 6.29. The molecule has 25 heavy (non-hydrogen) atoms. The third kappa shape index (κ3) is 2.66. The lowest BCUT2D eigenvalue weighted by atomic mass is 10.2. The van der Waals surface area contributed by atoms with Crippen molar-refractivity contribution in [2.24, 2.45) is 0 Å². The molecular formula is C17H13Cl2N5S. The Kier molecular flexibility index (Phi) is 4.11. The Hall–Kier alpha value is -2.15. The molecule has 0 spiro atoms. The lowest BCUT2D eigenvalue weighted by Crippen LogP contribution is -1.98. The summed E-state index contributed by atoms with van der Waals surface area (Å²) in [6, 6.07) is 9.84. The molecule has 0 saturated heterocycles. The summed E-state index contributed by atoms with van der Waals surface area (Å²) in [5, 5.41) is 4.95. The minimum Gasteiger partial charge on any atom is -0.354 e. The van der Waals surface area contributed by atoms with Gasteiger partial charge in [-0.15, -0.1) is 23.7 Å². The normalized spacial score (nSPS) is 12.7. The number of halogens is 2. The van der Waals surface area contributed by atoms with Crippen LogP contribution in [0.2, 0.25) is 5.15 Å². The van der Waals surface area contributed by atoms with Gasteiger partial charge in [0.05, 0.1) is 16.3 Å². The van der Waals surface area contributed by atoms with Crippen LogP contribution in [0.3, 0.4) is 0 Å². The zero-order valence-corrected chi connectivity index (χ0v) is 15.3. The van der Waals surface area contributed by atoms with Crippen molar-refractivity contribution in [2.75, 3.05) is 11.9 Å². The molecule has 1 aliphatic heterocycles. The molecule has 0 aliphatic carbocycles. The van der Waals surface area contributed by atoms with Gasteiger partial charge in [-0.3, -0.25) is 4.98 Å². The molecule has 0 fully saturated rings. The highest BCUT2D eigenvalue weighted by molar-refractivity contribution is 7.22. The third-order valence-electron chi connectivity index (χ3n) is 4.09. The average molecular weight is 390 g/mol. The first-order chi connectivity index (χ1) is 11.8. The number of nitrogens with zero attached hydrogens (tertiary/aromatic N) is 4. The molecule has 0 saturated carbocycles. The maximum Gasteiger partial charge on any atom is 0.204 e. The van der Waals surface area contributed by atoms with Crippen LogP contribution in [0.5, 0.6) is 0 Å². The van der Waals surface area contributed by atoms with Crippen molar-refractivity contribution >= 4 is 51.4 Å². The van der Waals surface area contributed by atoms with Gasteiger partial charge in [0.2, 0.25) is 5.95 Å². The SMILES string of the molecule is Cl.Clc1cccc(-c2nc3n(c2-c2cc4cnccc4s2)CCN3)n1. The highest BCUT2D eigenvalue weighted by Crippen LogP contribution is 2.40. The zero-order chi connectivity index (χ0) is 16.1. The number of hydrogen-bond acceptors (Lipinski definition) is 5. The molecule has 4 aromatic heterocycles. The van der Waals surface area contributed by atoms with Gasteiger partial charge in [0.1, 0.15) is 10.8 Å². The zero-order valence-electron chi connectivity index (χ0n) is 12.9. The third-order valence-corrected chi connectivity index (χ3v) is 5.43. The van der Waals surface area contributed by atoms with Crippen molar-refractivity contribution in [3.05, 3.63) is 47.9 Å². The maximum absolute atomic E-state index is 6.08. The maximum atomic E-state index is 6.08. The summed E-state index contributed by atoms with van der Waals surface area (Å²) < 4.78 is 3.43. The molecule has 0 unspecified atom stereocenters. The lowest BCUT2D eigenvalue weighted by Gasteiger charge is -2.05. The molecule has 8 heteroatoms. The van der Waals surface area contributed by atoms with Crippen molar-refractivity contribution in [1.82, 2.24) is 19.5 Å². The van der Waals surface area contributed by atoms with Gasteiger partial charge in [0.25, 0.3) is 0 Å². The van der Waals surface area contributed by atoms with Crippen LogP contribution >= 0.6 is 35.3 Å². The van der Waals surface area contributed by atoms with Crippen molar-refractivity contribution in [3.63, 3.8) is 0 Å². The van der Waals surface area contributed by atoms with Gasteiger partial charge in [-0.05, 0) is 24.3 Å². The Bertz CT molecular complexity index is 1040. The van der Waals surface area contributed by atoms with Crippen LogP contribution in [0, 0.1) is 0 Å². The largest absolute Gasteiger partial charge is 0.354 e. The molecule has 4 aromatic rings. The van der Waals surface area contributed by atoms with E-state index in [2.05, 4.69) is 25.9 Å². The number of nitrogens with one attached hydrogen (secondary N) is 1. The molecule has 5 heterocycles.